The summed E-state index contributed by atoms with van der Waals surface area (Å²) in [7, 11) is -2.70. The Morgan fingerprint density at radius 2 is 1.67 bits per heavy atom. The van der Waals surface area contributed by atoms with Gasteiger partial charge in [-0.3, -0.25) is 4.11 Å². The van der Waals surface area contributed by atoms with E-state index in [0.717, 1.165) is 0 Å². The van der Waals surface area contributed by atoms with E-state index in [1.165, 1.54) is 0 Å². The topological polar surface area (TPSA) is 9.23 Å². The fraction of sp³-hybridized carbons (Fsp3) is 1.00. The molecule has 0 aromatic rings. The van der Waals surface area contributed by atoms with Crippen molar-refractivity contribution in [1.29, 1.82) is 0 Å². The van der Waals surface area contributed by atoms with Crippen LogP contribution in [0, 0.1) is 0 Å². The van der Waals surface area contributed by atoms with Crippen LogP contribution in [0.2, 0.25) is 12.1 Å². The van der Waals surface area contributed by atoms with Crippen molar-refractivity contribution in [2.24, 2.45) is 0 Å². The zero-order valence-corrected chi connectivity index (χ0v) is 7.41. The minimum Gasteiger partial charge on any atom is -0.392 e. The first-order valence-electron chi connectivity index (χ1n) is 3.51. The first-order chi connectivity index (χ1) is 4.18. The van der Waals surface area contributed by atoms with Crippen molar-refractivity contribution < 1.29 is 8.53 Å². The van der Waals surface area contributed by atoms with Crippen molar-refractivity contribution >= 4 is 8.65 Å². The van der Waals surface area contributed by atoms with Gasteiger partial charge in [0.15, 0.2) is 0 Å². The van der Waals surface area contributed by atoms with Gasteiger partial charge < -0.3 is 4.43 Å². The van der Waals surface area contributed by atoms with E-state index in [1.807, 2.05) is 20.8 Å². The van der Waals surface area contributed by atoms with Gasteiger partial charge in [-0.15, -0.1) is 0 Å². The minimum absolute atomic E-state index is 0.518. The average Bonchev–Trinajstić information content (AvgIpc) is 1.89. The van der Waals surface area contributed by atoms with Crippen LogP contribution in [0.15, 0.2) is 0 Å². The zero-order chi connectivity index (χ0) is 7.33. The third-order valence-electron chi connectivity index (χ3n) is 1.46. The Kier molecular flexibility index (Phi) is 4.06. The summed E-state index contributed by atoms with van der Waals surface area (Å²) in [5.74, 6) is 0. The summed E-state index contributed by atoms with van der Waals surface area (Å²) >= 11 is 0. The molecule has 0 radical (unpaired) electrons. The SMILES string of the molecule is CCO[Si](F)(CC)CC. The predicted molar refractivity (Wildman–Crippen MR) is 39.5 cm³/mol. The molecular formula is C6H15FOSi. The lowest BCUT2D eigenvalue weighted by Gasteiger charge is -2.17. The smallest absolute Gasteiger partial charge is 0.383 e. The fourth-order valence-corrected chi connectivity index (χ4v) is 2.14. The Morgan fingerprint density at radius 1 is 1.22 bits per heavy atom. The van der Waals surface area contributed by atoms with Crippen molar-refractivity contribution in [1.82, 2.24) is 0 Å². The summed E-state index contributed by atoms with van der Waals surface area (Å²) in [4.78, 5) is 0. The lowest BCUT2D eigenvalue weighted by Crippen LogP contribution is -2.30. The van der Waals surface area contributed by atoms with Gasteiger partial charge in [0.2, 0.25) is 0 Å². The molecule has 0 fully saturated rings. The Labute approximate surface area is 57.5 Å². The molecule has 1 nitrogen and oxygen atoms in total. The first kappa shape index (κ1) is 9.11. The second-order valence-corrected chi connectivity index (χ2v) is 5.49. The molecule has 3 heteroatoms. The molecule has 0 aliphatic heterocycles. The molecule has 56 valence electrons. The summed E-state index contributed by atoms with van der Waals surface area (Å²) in [6.07, 6.45) is 0. The number of rotatable bonds is 4. The quantitative estimate of drug-likeness (QED) is 0.442. The third kappa shape index (κ3) is 2.96. The Hall–Kier alpha value is 0.107. The predicted octanol–water partition coefficient (Wildman–Crippen LogP) is 2.47. The lowest BCUT2D eigenvalue weighted by atomic mass is 10.9. The molecule has 0 unspecified atom stereocenters. The van der Waals surface area contributed by atoms with Gasteiger partial charge in [-0.2, -0.15) is 0 Å². The second kappa shape index (κ2) is 4.01. The average molecular weight is 150 g/mol. The Bertz CT molecular complexity index is 73.5. The summed E-state index contributed by atoms with van der Waals surface area (Å²) in [6, 6.07) is 1.16. The van der Waals surface area contributed by atoms with E-state index < -0.39 is 8.65 Å². The van der Waals surface area contributed by atoms with Gasteiger partial charge in [-0.25, -0.2) is 0 Å². The zero-order valence-electron chi connectivity index (χ0n) is 6.41. The summed E-state index contributed by atoms with van der Waals surface area (Å²) < 4.78 is 18.2. The van der Waals surface area contributed by atoms with Gasteiger partial charge in [0.25, 0.3) is 0 Å². The molecule has 0 bridgehead atoms. The van der Waals surface area contributed by atoms with Crippen LogP contribution in [-0.4, -0.2) is 15.3 Å². The van der Waals surface area contributed by atoms with Gasteiger partial charge in [0, 0.05) is 6.61 Å². The van der Waals surface area contributed by atoms with E-state index in [4.69, 9.17) is 4.43 Å². The monoisotopic (exact) mass is 150 g/mol. The Balaban J connectivity index is 3.62. The molecular weight excluding hydrogens is 135 g/mol. The van der Waals surface area contributed by atoms with Crippen LogP contribution in [0.1, 0.15) is 20.8 Å². The van der Waals surface area contributed by atoms with Crippen molar-refractivity contribution in [3.63, 3.8) is 0 Å². The minimum atomic E-state index is -2.70. The van der Waals surface area contributed by atoms with Crippen LogP contribution >= 0.6 is 0 Å². The molecule has 0 rings (SSSR count). The first-order valence-corrected chi connectivity index (χ1v) is 5.71. The molecule has 0 saturated carbocycles. The van der Waals surface area contributed by atoms with Gasteiger partial charge >= 0.3 is 8.65 Å². The Morgan fingerprint density at radius 3 is 1.78 bits per heavy atom. The highest BCUT2D eigenvalue weighted by molar-refractivity contribution is 6.66. The lowest BCUT2D eigenvalue weighted by molar-refractivity contribution is 0.283. The molecule has 0 amide bonds. The second-order valence-electron chi connectivity index (χ2n) is 2.02. The van der Waals surface area contributed by atoms with Crippen molar-refractivity contribution in [3.05, 3.63) is 0 Å². The van der Waals surface area contributed by atoms with Crippen LogP contribution in [0.25, 0.3) is 0 Å². The van der Waals surface area contributed by atoms with E-state index in [2.05, 4.69) is 0 Å². The summed E-state index contributed by atoms with van der Waals surface area (Å²) in [6.45, 7) is 6.06. The maximum absolute atomic E-state index is 13.2. The standard InChI is InChI=1S/C6H15FOSi/c1-4-8-9(7,5-2)6-3/h4-6H2,1-3H3. The molecule has 0 heterocycles. The molecule has 0 N–H and O–H groups in total. The van der Waals surface area contributed by atoms with Crippen molar-refractivity contribution in [2.75, 3.05) is 6.61 Å². The van der Waals surface area contributed by atoms with Crippen LogP contribution in [-0.2, 0) is 4.43 Å². The third-order valence-corrected chi connectivity index (χ3v) is 4.38. The number of halogens is 1. The van der Waals surface area contributed by atoms with E-state index in [0.29, 0.717) is 18.7 Å². The molecule has 0 aliphatic rings. The highest BCUT2D eigenvalue weighted by Gasteiger charge is 2.30. The van der Waals surface area contributed by atoms with Crippen molar-refractivity contribution in [2.45, 2.75) is 32.9 Å². The van der Waals surface area contributed by atoms with E-state index in [-0.39, 0.29) is 0 Å². The number of hydrogen-bond acceptors (Lipinski definition) is 1. The van der Waals surface area contributed by atoms with Crippen LogP contribution in [0.4, 0.5) is 4.11 Å². The molecule has 0 aliphatic carbocycles. The largest absolute Gasteiger partial charge is 0.392 e. The molecule has 0 atom stereocenters. The highest BCUT2D eigenvalue weighted by atomic mass is 28.4. The maximum Gasteiger partial charge on any atom is 0.383 e. The van der Waals surface area contributed by atoms with Crippen LogP contribution in [0.5, 0.6) is 0 Å². The van der Waals surface area contributed by atoms with Crippen LogP contribution in [0.3, 0.4) is 0 Å². The van der Waals surface area contributed by atoms with E-state index in [1.54, 1.807) is 0 Å². The van der Waals surface area contributed by atoms with Crippen LogP contribution < -0.4 is 0 Å². The summed E-state index contributed by atoms with van der Waals surface area (Å²) in [5, 5.41) is 0. The van der Waals surface area contributed by atoms with E-state index in [9.17, 15) is 4.11 Å². The molecule has 0 spiro atoms. The van der Waals surface area contributed by atoms with Gasteiger partial charge in [0.1, 0.15) is 0 Å². The van der Waals surface area contributed by atoms with Gasteiger partial charge in [-0.1, -0.05) is 13.8 Å². The number of hydrogen-bond donors (Lipinski definition) is 0. The molecule has 0 saturated heterocycles. The van der Waals surface area contributed by atoms with Crippen molar-refractivity contribution in [3.8, 4) is 0 Å². The molecule has 9 heavy (non-hydrogen) atoms. The van der Waals surface area contributed by atoms with Gasteiger partial charge in [-0.05, 0) is 19.0 Å². The summed E-state index contributed by atoms with van der Waals surface area (Å²) in [5.41, 5.74) is 0. The normalized spacial score (nSPS) is 12.0. The van der Waals surface area contributed by atoms with E-state index >= 15 is 0 Å². The fourth-order valence-electron chi connectivity index (χ4n) is 0.713. The highest BCUT2D eigenvalue weighted by Crippen LogP contribution is 2.17. The molecule has 0 aromatic carbocycles. The van der Waals surface area contributed by atoms with Gasteiger partial charge in [0.05, 0.1) is 0 Å². The maximum atomic E-state index is 13.2. The molecule has 0 aromatic heterocycles.